The van der Waals surface area contributed by atoms with E-state index >= 15 is 0 Å². The molecule has 0 radical (unpaired) electrons. The number of benzene rings is 1. The third kappa shape index (κ3) is 4.34. The molecular formula is C15H19BrN2S. The van der Waals surface area contributed by atoms with Gasteiger partial charge in [0.15, 0.2) is 0 Å². The number of halogens is 1. The Kier molecular flexibility index (Phi) is 5.02. The summed E-state index contributed by atoms with van der Waals surface area (Å²) in [5.74, 6) is 0. The van der Waals surface area contributed by atoms with Gasteiger partial charge < -0.3 is 10.2 Å². The fourth-order valence-corrected chi connectivity index (χ4v) is 3.38. The van der Waals surface area contributed by atoms with Gasteiger partial charge in [0.25, 0.3) is 0 Å². The molecule has 0 aliphatic carbocycles. The molecule has 4 heteroatoms. The predicted octanol–water partition coefficient (Wildman–Crippen LogP) is 4.75. The van der Waals surface area contributed by atoms with Crippen LogP contribution in [-0.2, 0) is 6.54 Å². The summed E-state index contributed by atoms with van der Waals surface area (Å²) in [4.78, 5) is 3.51. The van der Waals surface area contributed by atoms with Gasteiger partial charge in [0.1, 0.15) is 0 Å². The van der Waals surface area contributed by atoms with E-state index in [2.05, 4.69) is 83.6 Å². The molecule has 19 heavy (non-hydrogen) atoms. The number of anilines is 1. The van der Waals surface area contributed by atoms with Crippen LogP contribution in [0.2, 0.25) is 0 Å². The molecule has 1 aromatic carbocycles. The van der Waals surface area contributed by atoms with Gasteiger partial charge in [-0.25, -0.2) is 0 Å². The second-order valence-electron chi connectivity index (χ2n) is 4.94. The Hall–Kier alpha value is -0.840. The summed E-state index contributed by atoms with van der Waals surface area (Å²) in [6, 6.07) is 13.2. The minimum atomic E-state index is 0.330. The topological polar surface area (TPSA) is 15.3 Å². The quantitative estimate of drug-likeness (QED) is 0.846. The number of hydrogen-bond acceptors (Lipinski definition) is 3. The Balaban J connectivity index is 1.99. The van der Waals surface area contributed by atoms with E-state index < -0.39 is 0 Å². The highest BCUT2D eigenvalue weighted by molar-refractivity contribution is 9.11. The van der Waals surface area contributed by atoms with Crippen LogP contribution in [0.15, 0.2) is 40.2 Å². The Morgan fingerprint density at radius 2 is 1.84 bits per heavy atom. The van der Waals surface area contributed by atoms with Gasteiger partial charge in [-0.2, -0.15) is 0 Å². The van der Waals surface area contributed by atoms with Crippen molar-refractivity contribution in [3.63, 3.8) is 0 Å². The first-order valence-electron chi connectivity index (χ1n) is 6.30. The summed E-state index contributed by atoms with van der Waals surface area (Å²) in [5, 5.41) is 3.53. The van der Waals surface area contributed by atoms with E-state index in [1.807, 2.05) is 0 Å². The van der Waals surface area contributed by atoms with Crippen molar-refractivity contribution < 1.29 is 0 Å². The SMILES string of the molecule is CC(Nc1ccc(CN(C)C)cc1)c1ccc(Br)s1. The molecular weight excluding hydrogens is 320 g/mol. The van der Waals surface area contributed by atoms with Gasteiger partial charge in [-0.05, 0) is 66.8 Å². The van der Waals surface area contributed by atoms with Gasteiger partial charge in [-0.1, -0.05) is 12.1 Å². The first kappa shape index (κ1) is 14.6. The zero-order valence-corrected chi connectivity index (χ0v) is 13.9. The first-order chi connectivity index (χ1) is 9.04. The molecule has 1 N–H and O–H groups in total. The smallest absolute Gasteiger partial charge is 0.0702 e. The molecule has 1 atom stereocenters. The second-order valence-corrected chi connectivity index (χ2v) is 7.44. The number of nitrogens with one attached hydrogen (secondary N) is 1. The highest BCUT2D eigenvalue weighted by Gasteiger charge is 2.07. The molecule has 1 aromatic heterocycles. The molecule has 0 aliphatic rings. The van der Waals surface area contributed by atoms with E-state index in [-0.39, 0.29) is 0 Å². The van der Waals surface area contributed by atoms with Crippen LogP contribution < -0.4 is 5.32 Å². The maximum absolute atomic E-state index is 3.53. The zero-order chi connectivity index (χ0) is 13.8. The molecule has 0 spiro atoms. The average Bonchev–Trinajstić information content (AvgIpc) is 2.78. The average molecular weight is 339 g/mol. The monoisotopic (exact) mass is 338 g/mol. The molecule has 0 bridgehead atoms. The van der Waals surface area contributed by atoms with E-state index in [9.17, 15) is 0 Å². The number of nitrogens with zero attached hydrogens (tertiary/aromatic N) is 1. The van der Waals surface area contributed by atoms with Crippen LogP contribution in [0.5, 0.6) is 0 Å². The van der Waals surface area contributed by atoms with Gasteiger partial charge in [0.05, 0.1) is 9.83 Å². The lowest BCUT2D eigenvalue weighted by Gasteiger charge is -2.15. The number of thiophene rings is 1. The van der Waals surface area contributed by atoms with Crippen molar-refractivity contribution >= 4 is 33.0 Å². The largest absolute Gasteiger partial charge is 0.378 e. The van der Waals surface area contributed by atoms with Gasteiger partial charge in [-0.15, -0.1) is 11.3 Å². The molecule has 1 heterocycles. The molecule has 2 aromatic rings. The van der Waals surface area contributed by atoms with Crippen LogP contribution in [0.3, 0.4) is 0 Å². The maximum Gasteiger partial charge on any atom is 0.0702 e. The van der Waals surface area contributed by atoms with Gasteiger partial charge in [-0.3, -0.25) is 0 Å². The van der Waals surface area contributed by atoms with Crippen molar-refractivity contribution in [2.24, 2.45) is 0 Å². The van der Waals surface area contributed by atoms with Crippen LogP contribution in [0, 0.1) is 0 Å². The third-order valence-corrected chi connectivity index (χ3v) is 4.66. The van der Waals surface area contributed by atoms with Crippen LogP contribution in [0.1, 0.15) is 23.4 Å². The molecule has 2 rings (SSSR count). The normalized spacial score (nSPS) is 12.7. The van der Waals surface area contributed by atoms with Crippen molar-refractivity contribution in [3.8, 4) is 0 Å². The second kappa shape index (κ2) is 6.55. The van der Waals surface area contributed by atoms with Crippen LogP contribution in [0.25, 0.3) is 0 Å². The molecule has 1 unspecified atom stereocenters. The summed E-state index contributed by atoms with van der Waals surface area (Å²) in [5.41, 5.74) is 2.50. The van der Waals surface area contributed by atoms with Crippen molar-refractivity contribution in [2.75, 3.05) is 19.4 Å². The summed E-state index contributed by atoms with van der Waals surface area (Å²) in [7, 11) is 4.17. The fourth-order valence-electron chi connectivity index (χ4n) is 1.95. The minimum absolute atomic E-state index is 0.330. The molecule has 0 saturated heterocycles. The molecule has 0 amide bonds. The Bertz CT molecular complexity index is 519. The molecule has 2 nitrogen and oxygen atoms in total. The Morgan fingerprint density at radius 3 is 2.37 bits per heavy atom. The lowest BCUT2D eigenvalue weighted by atomic mass is 10.2. The van der Waals surface area contributed by atoms with Crippen LogP contribution in [0.4, 0.5) is 5.69 Å². The molecule has 0 saturated carbocycles. The number of rotatable bonds is 5. The molecule has 0 aliphatic heterocycles. The van der Waals surface area contributed by atoms with Crippen LogP contribution in [-0.4, -0.2) is 19.0 Å². The first-order valence-corrected chi connectivity index (χ1v) is 7.91. The van der Waals surface area contributed by atoms with E-state index in [1.54, 1.807) is 11.3 Å². The highest BCUT2D eigenvalue weighted by atomic mass is 79.9. The highest BCUT2D eigenvalue weighted by Crippen LogP contribution is 2.29. The van der Waals surface area contributed by atoms with E-state index in [4.69, 9.17) is 0 Å². The lowest BCUT2D eigenvalue weighted by molar-refractivity contribution is 0.402. The summed E-state index contributed by atoms with van der Waals surface area (Å²) < 4.78 is 1.18. The summed E-state index contributed by atoms with van der Waals surface area (Å²) in [6.45, 7) is 3.17. The maximum atomic E-state index is 3.53. The minimum Gasteiger partial charge on any atom is -0.378 e. The standard InChI is InChI=1S/C15H19BrN2S/c1-11(14-8-9-15(16)19-14)17-13-6-4-12(5-7-13)10-18(2)3/h4-9,11,17H,10H2,1-3H3. The zero-order valence-electron chi connectivity index (χ0n) is 11.5. The van der Waals surface area contributed by atoms with Crippen molar-refractivity contribution in [2.45, 2.75) is 19.5 Å². The summed E-state index contributed by atoms with van der Waals surface area (Å²) >= 11 is 5.28. The molecule has 0 fully saturated rings. The van der Waals surface area contributed by atoms with E-state index in [1.165, 1.54) is 19.9 Å². The third-order valence-electron chi connectivity index (χ3n) is 2.86. The van der Waals surface area contributed by atoms with Gasteiger partial charge in [0, 0.05) is 17.1 Å². The number of hydrogen-bond donors (Lipinski definition) is 1. The molecule has 102 valence electrons. The van der Waals surface area contributed by atoms with Crippen molar-refractivity contribution in [3.05, 3.63) is 50.6 Å². The van der Waals surface area contributed by atoms with E-state index in [0.29, 0.717) is 6.04 Å². The van der Waals surface area contributed by atoms with Crippen LogP contribution >= 0.6 is 27.3 Å². The van der Waals surface area contributed by atoms with Gasteiger partial charge >= 0.3 is 0 Å². The van der Waals surface area contributed by atoms with E-state index in [0.717, 1.165) is 6.54 Å². The Morgan fingerprint density at radius 1 is 1.16 bits per heavy atom. The lowest BCUT2D eigenvalue weighted by Crippen LogP contribution is -2.10. The van der Waals surface area contributed by atoms with Gasteiger partial charge in [0.2, 0.25) is 0 Å². The van der Waals surface area contributed by atoms with Crippen molar-refractivity contribution in [1.29, 1.82) is 0 Å². The Labute approximate surface area is 127 Å². The summed E-state index contributed by atoms with van der Waals surface area (Å²) in [6.07, 6.45) is 0. The fraction of sp³-hybridized carbons (Fsp3) is 0.333. The van der Waals surface area contributed by atoms with Crippen molar-refractivity contribution in [1.82, 2.24) is 4.90 Å². The predicted molar refractivity (Wildman–Crippen MR) is 87.9 cm³/mol.